The highest BCUT2D eigenvalue weighted by Crippen LogP contribution is 2.13. The maximum atomic E-state index is 12.6. The third-order valence-electron chi connectivity index (χ3n) is 5.13. The van der Waals surface area contributed by atoms with Crippen molar-refractivity contribution >= 4 is 11.8 Å². The van der Waals surface area contributed by atoms with Gasteiger partial charge >= 0.3 is 0 Å². The predicted octanol–water partition coefficient (Wildman–Crippen LogP) is 1.00. The highest BCUT2D eigenvalue weighted by molar-refractivity contribution is 5.94. The monoisotopic (exact) mass is 345 g/mol. The lowest BCUT2D eigenvalue weighted by Crippen LogP contribution is -2.56. The summed E-state index contributed by atoms with van der Waals surface area (Å²) in [4.78, 5) is 31.1. The summed E-state index contributed by atoms with van der Waals surface area (Å²) in [6.45, 7) is 9.36. The van der Waals surface area contributed by atoms with Crippen LogP contribution < -0.4 is 0 Å². The van der Waals surface area contributed by atoms with Crippen molar-refractivity contribution in [2.24, 2.45) is 0 Å². The largest absolute Gasteiger partial charge is 0.378 e. The molecule has 1 aromatic rings. The molecule has 0 N–H and O–H groups in total. The van der Waals surface area contributed by atoms with E-state index in [2.05, 4.69) is 4.90 Å². The summed E-state index contributed by atoms with van der Waals surface area (Å²) in [5.41, 5.74) is 1.88. The maximum Gasteiger partial charge on any atom is 0.253 e. The molecular weight excluding hydrogens is 318 g/mol. The normalized spacial score (nSPS) is 20.4. The molecule has 0 aliphatic carbocycles. The minimum absolute atomic E-state index is 0.0757. The molecular formula is C19H27N3O3. The fourth-order valence-electron chi connectivity index (χ4n) is 3.40. The zero-order chi connectivity index (χ0) is 17.8. The van der Waals surface area contributed by atoms with Crippen LogP contribution in [0.15, 0.2) is 24.3 Å². The van der Waals surface area contributed by atoms with E-state index in [1.165, 1.54) is 0 Å². The van der Waals surface area contributed by atoms with E-state index in [1.54, 1.807) is 0 Å². The number of piperazine rings is 1. The van der Waals surface area contributed by atoms with E-state index in [0.29, 0.717) is 39.4 Å². The lowest BCUT2D eigenvalue weighted by molar-refractivity contribution is -0.141. The van der Waals surface area contributed by atoms with Crippen molar-refractivity contribution in [3.63, 3.8) is 0 Å². The number of amides is 2. The van der Waals surface area contributed by atoms with Crippen LogP contribution in [0.4, 0.5) is 0 Å². The van der Waals surface area contributed by atoms with E-state index < -0.39 is 0 Å². The topological polar surface area (TPSA) is 53.1 Å². The molecule has 0 bridgehead atoms. The zero-order valence-electron chi connectivity index (χ0n) is 15.1. The Morgan fingerprint density at radius 1 is 0.920 bits per heavy atom. The van der Waals surface area contributed by atoms with Gasteiger partial charge in [0, 0.05) is 44.8 Å². The van der Waals surface area contributed by atoms with Gasteiger partial charge in [-0.25, -0.2) is 0 Å². The number of benzene rings is 1. The number of carbonyl (C=O) groups is 2. The molecule has 25 heavy (non-hydrogen) atoms. The van der Waals surface area contributed by atoms with E-state index in [4.69, 9.17) is 4.74 Å². The number of ether oxygens (including phenoxy) is 1. The summed E-state index contributed by atoms with van der Waals surface area (Å²) in [7, 11) is 0. The molecule has 136 valence electrons. The minimum Gasteiger partial charge on any atom is -0.378 e. The van der Waals surface area contributed by atoms with Crippen LogP contribution >= 0.6 is 0 Å². The van der Waals surface area contributed by atoms with Crippen LogP contribution in [-0.2, 0) is 9.53 Å². The number of carbonyl (C=O) groups excluding carboxylic acids is 2. The molecule has 6 nitrogen and oxygen atoms in total. The fraction of sp³-hybridized carbons (Fsp3) is 0.579. The quantitative estimate of drug-likeness (QED) is 0.820. The van der Waals surface area contributed by atoms with Crippen molar-refractivity contribution < 1.29 is 14.3 Å². The van der Waals surface area contributed by atoms with E-state index in [-0.39, 0.29) is 17.9 Å². The van der Waals surface area contributed by atoms with E-state index in [0.717, 1.165) is 24.2 Å². The number of rotatable bonds is 3. The molecule has 1 unspecified atom stereocenters. The van der Waals surface area contributed by atoms with Gasteiger partial charge in [0.25, 0.3) is 5.91 Å². The summed E-state index contributed by atoms with van der Waals surface area (Å²) in [5, 5.41) is 0. The smallest absolute Gasteiger partial charge is 0.253 e. The van der Waals surface area contributed by atoms with Crippen molar-refractivity contribution in [1.29, 1.82) is 0 Å². The standard InChI is InChI=1S/C19H27N3O3/c1-15-3-5-17(6-4-15)19(24)21-9-7-20(8-10-21)16(2)18(23)22-11-13-25-14-12-22/h3-6,16H,7-14H2,1-2H3. The lowest BCUT2D eigenvalue weighted by Gasteiger charge is -2.39. The number of hydrogen-bond donors (Lipinski definition) is 0. The highest BCUT2D eigenvalue weighted by Gasteiger charge is 2.30. The first kappa shape index (κ1) is 17.9. The molecule has 1 atom stereocenters. The van der Waals surface area contributed by atoms with Gasteiger partial charge in [-0.3, -0.25) is 14.5 Å². The van der Waals surface area contributed by atoms with Gasteiger partial charge in [-0.05, 0) is 26.0 Å². The van der Waals surface area contributed by atoms with Crippen molar-refractivity contribution in [3.05, 3.63) is 35.4 Å². The van der Waals surface area contributed by atoms with Crippen LogP contribution in [-0.4, -0.2) is 85.0 Å². The van der Waals surface area contributed by atoms with Crippen molar-refractivity contribution in [3.8, 4) is 0 Å². The number of aryl methyl sites for hydroxylation is 1. The average Bonchev–Trinajstić information content (AvgIpc) is 2.67. The Bertz CT molecular complexity index is 603. The van der Waals surface area contributed by atoms with E-state index in [9.17, 15) is 9.59 Å². The summed E-state index contributed by atoms with van der Waals surface area (Å²) in [6.07, 6.45) is 0. The van der Waals surface area contributed by atoms with Crippen molar-refractivity contribution in [2.75, 3.05) is 52.5 Å². The third-order valence-corrected chi connectivity index (χ3v) is 5.13. The Balaban J connectivity index is 1.53. The summed E-state index contributed by atoms with van der Waals surface area (Å²) < 4.78 is 5.31. The van der Waals surface area contributed by atoms with Gasteiger partial charge in [-0.1, -0.05) is 17.7 Å². The molecule has 2 saturated heterocycles. The van der Waals surface area contributed by atoms with Crippen LogP contribution in [0.5, 0.6) is 0 Å². The Labute approximate surface area is 149 Å². The van der Waals surface area contributed by atoms with E-state index >= 15 is 0 Å². The van der Waals surface area contributed by atoms with Gasteiger partial charge in [-0.15, -0.1) is 0 Å². The van der Waals surface area contributed by atoms with Crippen molar-refractivity contribution in [2.45, 2.75) is 19.9 Å². The first-order chi connectivity index (χ1) is 12.1. The predicted molar refractivity (Wildman–Crippen MR) is 95.5 cm³/mol. The molecule has 2 aliphatic heterocycles. The molecule has 6 heteroatoms. The molecule has 1 aromatic carbocycles. The summed E-state index contributed by atoms with van der Waals surface area (Å²) in [6, 6.07) is 7.55. The molecule has 0 radical (unpaired) electrons. The summed E-state index contributed by atoms with van der Waals surface area (Å²) in [5.74, 6) is 0.244. The lowest BCUT2D eigenvalue weighted by atomic mass is 10.1. The second-order valence-electron chi connectivity index (χ2n) is 6.81. The van der Waals surface area contributed by atoms with Crippen LogP contribution in [0, 0.1) is 6.92 Å². The van der Waals surface area contributed by atoms with Gasteiger partial charge in [0.2, 0.25) is 5.91 Å². The molecule has 2 heterocycles. The average molecular weight is 345 g/mol. The maximum absolute atomic E-state index is 12.6. The Morgan fingerprint density at radius 2 is 1.52 bits per heavy atom. The summed E-state index contributed by atoms with van der Waals surface area (Å²) >= 11 is 0. The van der Waals surface area contributed by atoms with Crippen LogP contribution in [0.25, 0.3) is 0 Å². The molecule has 2 fully saturated rings. The fourth-order valence-corrected chi connectivity index (χ4v) is 3.40. The van der Waals surface area contributed by atoms with E-state index in [1.807, 2.05) is 47.9 Å². The van der Waals surface area contributed by atoms with Gasteiger partial charge < -0.3 is 14.5 Å². The number of morpholine rings is 1. The third kappa shape index (κ3) is 4.19. The molecule has 2 aliphatic rings. The second kappa shape index (κ2) is 7.97. The van der Waals surface area contributed by atoms with Crippen molar-refractivity contribution in [1.82, 2.24) is 14.7 Å². The number of nitrogens with zero attached hydrogens (tertiary/aromatic N) is 3. The second-order valence-corrected chi connectivity index (χ2v) is 6.81. The SMILES string of the molecule is Cc1ccc(C(=O)N2CCN(C(C)C(=O)N3CCOCC3)CC2)cc1. The molecule has 0 spiro atoms. The van der Waals surface area contributed by atoms with Gasteiger partial charge in [0.15, 0.2) is 0 Å². The highest BCUT2D eigenvalue weighted by atomic mass is 16.5. The zero-order valence-corrected chi connectivity index (χ0v) is 15.1. The van der Waals surface area contributed by atoms with Gasteiger partial charge in [0.05, 0.1) is 19.3 Å². The molecule has 0 aromatic heterocycles. The molecule has 0 saturated carbocycles. The van der Waals surface area contributed by atoms with Crippen LogP contribution in [0.3, 0.4) is 0 Å². The van der Waals surface area contributed by atoms with Crippen LogP contribution in [0.1, 0.15) is 22.8 Å². The van der Waals surface area contributed by atoms with Gasteiger partial charge in [-0.2, -0.15) is 0 Å². The Hall–Kier alpha value is -1.92. The molecule has 3 rings (SSSR count). The first-order valence-electron chi connectivity index (χ1n) is 9.03. The number of hydrogen-bond acceptors (Lipinski definition) is 4. The first-order valence-corrected chi connectivity index (χ1v) is 9.03. The van der Waals surface area contributed by atoms with Gasteiger partial charge in [0.1, 0.15) is 0 Å². The minimum atomic E-state index is -0.144. The Morgan fingerprint density at radius 3 is 2.12 bits per heavy atom. The van der Waals surface area contributed by atoms with Crippen LogP contribution in [0.2, 0.25) is 0 Å². The molecule has 2 amide bonds. The Kier molecular flexibility index (Phi) is 5.71.